The molecule has 19 heavy (non-hydrogen) atoms. The zero-order valence-corrected chi connectivity index (χ0v) is 11.8. The molecule has 1 atom stereocenters. The van der Waals surface area contributed by atoms with Gasteiger partial charge in [0.05, 0.1) is 18.8 Å². The first-order valence-electron chi connectivity index (χ1n) is 7.00. The van der Waals surface area contributed by atoms with Gasteiger partial charge in [0.2, 0.25) is 0 Å². The molecule has 0 saturated carbocycles. The highest BCUT2D eigenvalue weighted by Crippen LogP contribution is 2.22. The van der Waals surface area contributed by atoms with Crippen LogP contribution in [-0.4, -0.2) is 43.6 Å². The number of aliphatic hydroxyl groups excluding tert-OH is 1. The zero-order chi connectivity index (χ0) is 13.7. The van der Waals surface area contributed by atoms with Gasteiger partial charge in [-0.25, -0.2) is 0 Å². The Morgan fingerprint density at radius 3 is 2.95 bits per heavy atom. The summed E-state index contributed by atoms with van der Waals surface area (Å²) in [7, 11) is 0. The molecule has 0 spiro atoms. The fraction of sp³-hybridized carbons (Fsp3) is 0.600. The number of hydrogen-bond acceptors (Lipinski definition) is 4. The van der Waals surface area contributed by atoms with Crippen LogP contribution in [0.25, 0.3) is 0 Å². The van der Waals surface area contributed by atoms with Gasteiger partial charge in [-0.15, -0.1) is 0 Å². The van der Waals surface area contributed by atoms with E-state index in [2.05, 4.69) is 28.4 Å². The fourth-order valence-corrected chi connectivity index (χ4v) is 2.33. The van der Waals surface area contributed by atoms with Gasteiger partial charge >= 0.3 is 0 Å². The summed E-state index contributed by atoms with van der Waals surface area (Å²) in [4.78, 5) is 2.24. The molecule has 0 aliphatic carbocycles. The summed E-state index contributed by atoms with van der Waals surface area (Å²) >= 11 is 0. The first-order valence-corrected chi connectivity index (χ1v) is 7.00. The quantitative estimate of drug-likeness (QED) is 0.843. The normalized spacial score (nSPS) is 17.2. The molecule has 4 heteroatoms. The van der Waals surface area contributed by atoms with Crippen LogP contribution in [0, 0.1) is 0 Å². The Kier molecular flexibility index (Phi) is 5.19. The number of β-amino-alcohol motifs (C(OH)–C–C–N with tert-alkyl or cyclic N) is 1. The van der Waals surface area contributed by atoms with Crippen LogP contribution in [0.15, 0.2) is 24.3 Å². The molecule has 0 aromatic heterocycles. The van der Waals surface area contributed by atoms with Crippen molar-refractivity contribution >= 4 is 5.69 Å². The average molecular weight is 264 g/mol. The number of nitrogens with one attached hydrogen (secondary N) is 1. The van der Waals surface area contributed by atoms with E-state index in [0.717, 1.165) is 19.6 Å². The van der Waals surface area contributed by atoms with E-state index >= 15 is 0 Å². The standard InChI is InChI=1S/C15H24N2O2/c1-12(2)19-11-14(18)10-17-8-7-16-9-13-5-3-4-6-15(13)17/h3-6,12,14,16,18H,7-11H2,1-2H3. The number of hydrogen-bond donors (Lipinski definition) is 2. The Hall–Kier alpha value is -1.10. The van der Waals surface area contributed by atoms with E-state index in [1.165, 1.54) is 11.3 Å². The summed E-state index contributed by atoms with van der Waals surface area (Å²) in [5, 5.41) is 13.5. The topological polar surface area (TPSA) is 44.7 Å². The monoisotopic (exact) mass is 264 g/mol. The minimum Gasteiger partial charge on any atom is -0.389 e. The van der Waals surface area contributed by atoms with Gasteiger partial charge in [0.1, 0.15) is 0 Å². The third-order valence-corrected chi connectivity index (χ3v) is 3.26. The molecule has 2 N–H and O–H groups in total. The molecular weight excluding hydrogens is 240 g/mol. The number of benzene rings is 1. The smallest absolute Gasteiger partial charge is 0.0948 e. The van der Waals surface area contributed by atoms with Crippen molar-refractivity contribution in [3.05, 3.63) is 29.8 Å². The van der Waals surface area contributed by atoms with E-state index in [4.69, 9.17) is 4.74 Å². The molecule has 1 aliphatic rings. The van der Waals surface area contributed by atoms with Crippen molar-refractivity contribution in [1.29, 1.82) is 0 Å². The predicted octanol–water partition coefficient (Wildman–Crippen LogP) is 1.38. The van der Waals surface area contributed by atoms with Crippen molar-refractivity contribution in [2.24, 2.45) is 0 Å². The molecule has 0 amide bonds. The van der Waals surface area contributed by atoms with Crippen molar-refractivity contribution in [2.45, 2.75) is 32.6 Å². The Labute approximate surface area is 115 Å². The molecule has 0 saturated heterocycles. The highest BCUT2D eigenvalue weighted by molar-refractivity contribution is 5.54. The number of para-hydroxylation sites is 1. The molecular formula is C15H24N2O2. The molecule has 1 unspecified atom stereocenters. The molecule has 0 fully saturated rings. The van der Waals surface area contributed by atoms with Crippen LogP contribution in [0.2, 0.25) is 0 Å². The summed E-state index contributed by atoms with van der Waals surface area (Å²) in [5.41, 5.74) is 2.51. The van der Waals surface area contributed by atoms with Crippen LogP contribution in [-0.2, 0) is 11.3 Å². The van der Waals surface area contributed by atoms with Gasteiger partial charge in [-0.2, -0.15) is 0 Å². The van der Waals surface area contributed by atoms with Gasteiger partial charge in [-0.3, -0.25) is 0 Å². The summed E-state index contributed by atoms with van der Waals surface area (Å²) in [5.74, 6) is 0. The molecule has 2 rings (SSSR count). The molecule has 1 heterocycles. The number of aliphatic hydroxyl groups is 1. The van der Waals surface area contributed by atoms with E-state index in [0.29, 0.717) is 13.2 Å². The van der Waals surface area contributed by atoms with Crippen LogP contribution in [0.5, 0.6) is 0 Å². The second-order valence-corrected chi connectivity index (χ2v) is 5.29. The number of nitrogens with zero attached hydrogens (tertiary/aromatic N) is 1. The average Bonchev–Trinajstić information content (AvgIpc) is 2.59. The highest BCUT2D eigenvalue weighted by atomic mass is 16.5. The maximum atomic E-state index is 10.1. The van der Waals surface area contributed by atoms with E-state index < -0.39 is 6.10 Å². The number of rotatable bonds is 5. The summed E-state index contributed by atoms with van der Waals surface area (Å²) < 4.78 is 5.47. The minimum absolute atomic E-state index is 0.160. The van der Waals surface area contributed by atoms with E-state index in [1.54, 1.807) is 0 Å². The highest BCUT2D eigenvalue weighted by Gasteiger charge is 2.17. The lowest BCUT2D eigenvalue weighted by atomic mass is 10.1. The van der Waals surface area contributed by atoms with Crippen molar-refractivity contribution in [3.63, 3.8) is 0 Å². The Bertz CT molecular complexity index is 395. The van der Waals surface area contributed by atoms with Gasteiger partial charge < -0.3 is 20.1 Å². The second-order valence-electron chi connectivity index (χ2n) is 5.29. The molecule has 106 valence electrons. The van der Waals surface area contributed by atoms with Gasteiger partial charge in [0.15, 0.2) is 0 Å². The van der Waals surface area contributed by atoms with Crippen molar-refractivity contribution in [2.75, 3.05) is 31.1 Å². The molecule has 1 aromatic rings. The van der Waals surface area contributed by atoms with Crippen molar-refractivity contribution in [3.8, 4) is 0 Å². The minimum atomic E-state index is -0.450. The maximum Gasteiger partial charge on any atom is 0.0948 e. The summed E-state index contributed by atoms with van der Waals surface area (Å²) in [6.07, 6.45) is -0.290. The second kappa shape index (κ2) is 6.89. The molecule has 0 bridgehead atoms. The van der Waals surface area contributed by atoms with Crippen LogP contribution >= 0.6 is 0 Å². The molecule has 1 aliphatic heterocycles. The third-order valence-electron chi connectivity index (χ3n) is 3.26. The number of ether oxygens (including phenoxy) is 1. The lowest BCUT2D eigenvalue weighted by Crippen LogP contribution is -2.38. The van der Waals surface area contributed by atoms with Gasteiger partial charge in [-0.1, -0.05) is 18.2 Å². The molecule has 1 aromatic carbocycles. The van der Waals surface area contributed by atoms with Crippen LogP contribution in [0.4, 0.5) is 5.69 Å². The first kappa shape index (κ1) is 14.3. The fourth-order valence-electron chi connectivity index (χ4n) is 2.33. The lowest BCUT2D eigenvalue weighted by molar-refractivity contribution is 0.00894. The third kappa shape index (κ3) is 4.20. The van der Waals surface area contributed by atoms with Gasteiger partial charge in [-0.05, 0) is 25.5 Å². The summed E-state index contributed by atoms with van der Waals surface area (Å²) in [6, 6.07) is 8.37. The SMILES string of the molecule is CC(C)OCC(O)CN1CCNCc2ccccc21. The maximum absolute atomic E-state index is 10.1. The van der Waals surface area contributed by atoms with Gasteiger partial charge in [0, 0.05) is 31.9 Å². The lowest BCUT2D eigenvalue weighted by Gasteiger charge is -2.27. The Morgan fingerprint density at radius 1 is 1.37 bits per heavy atom. The Morgan fingerprint density at radius 2 is 2.16 bits per heavy atom. The van der Waals surface area contributed by atoms with Gasteiger partial charge in [0.25, 0.3) is 0 Å². The zero-order valence-electron chi connectivity index (χ0n) is 11.8. The van der Waals surface area contributed by atoms with Crippen LogP contribution in [0.1, 0.15) is 19.4 Å². The van der Waals surface area contributed by atoms with E-state index in [9.17, 15) is 5.11 Å². The molecule has 0 radical (unpaired) electrons. The number of anilines is 1. The van der Waals surface area contributed by atoms with Crippen LogP contribution < -0.4 is 10.2 Å². The predicted molar refractivity (Wildman–Crippen MR) is 77.5 cm³/mol. The largest absolute Gasteiger partial charge is 0.389 e. The van der Waals surface area contributed by atoms with E-state index in [-0.39, 0.29) is 6.10 Å². The van der Waals surface area contributed by atoms with Crippen molar-refractivity contribution in [1.82, 2.24) is 5.32 Å². The van der Waals surface area contributed by atoms with Crippen molar-refractivity contribution < 1.29 is 9.84 Å². The summed E-state index contributed by atoms with van der Waals surface area (Å²) in [6.45, 7) is 7.72. The Balaban J connectivity index is 1.99. The first-order chi connectivity index (χ1) is 9.16. The number of fused-ring (bicyclic) bond motifs is 1. The van der Waals surface area contributed by atoms with Crippen LogP contribution in [0.3, 0.4) is 0 Å². The van der Waals surface area contributed by atoms with E-state index in [1.807, 2.05) is 19.9 Å². The molecule has 4 nitrogen and oxygen atoms in total.